The highest BCUT2D eigenvalue weighted by atomic mass is 19.4. The average Bonchev–Trinajstić information content (AvgIpc) is 3.04. The van der Waals surface area contributed by atoms with Crippen LogP contribution in [0.25, 0.3) is 22.4 Å². The first-order valence-corrected chi connectivity index (χ1v) is 9.85. The quantitative estimate of drug-likeness (QED) is 0.568. The first-order chi connectivity index (χ1) is 13.9. The molecule has 1 aromatic carbocycles. The van der Waals surface area contributed by atoms with Crippen molar-refractivity contribution in [3.63, 3.8) is 0 Å². The molecular weight excluding hydrogens is 377 g/mol. The molecule has 29 heavy (non-hydrogen) atoms. The van der Waals surface area contributed by atoms with Crippen LogP contribution in [0.15, 0.2) is 48.8 Å². The van der Waals surface area contributed by atoms with Crippen LogP contribution in [0.1, 0.15) is 49.3 Å². The second-order valence-corrected chi connectivity index (χ2v) is 7.64. The number of benzene rings is 1. The third-order valence-electron chi connectivity index (χ3n) is 5.67. The summed E-state index contributed by atoms with van der Waals surface area (Å²) in [5, 5.41) is 7.72. The highest BCUT2D eigenvalue weighted by Crippen LogP contribution is 2.41. The number of nitrogens with zero attached hydrogens (tertiary/aromatic N) is 2. The molecule has 2 aromatic heterocycles. The molecule has 0 radical (unpaired) electrons. The zero-order valence-electron chi connectivity index (χ0n) is 15.9. The SMILES string of the molecule is N[C@H]1CCC[C@@H](c2[nH]nc(-c3ccc(C(F)(F)F)cc3)c2-c2ccncc2)CC1. The summed E-state index contributed by atoms with van der Waals surface area (Å²) in [6.07, 6.45) is 4.07. The highest BCUT2D eigenvalue weighted by Gasteiger charge is 2.31. The van der Waals surface area contributed by atoms with Crippen LogP contribution in [-0.4, -0.2) is 21.2 Å². The molecule has 1 fully saturated rings. The van der Waals surface area contributed by atoms with Crippen molar-refractivity contribution in [2.24, 2.45) is 5.73 Å². The Morgan fingerprint density at radius 3 is 2.31 bits per heavy atom. The van der Waals surface area contributed by atoms with Gasteiger partial charge in [0.1, 0.15) is 5.69 Å². The maximum Gasteiger partial charge on any atom is 0.416 e. The Hall–Kier alpha value is -2.67. The number of hydrogen-bond donors (Lipinski definition) is 2. The molecule has 0 aliphatic heterocycles. The molecule has 3 N–H and O–H groups in total. The number of aromatic nitrogens is 3. The lowest BCUT2D eigenvalue weighted by atomic mass is 9.89. The van der Waals surface area contributed by atoms with Crippen molar-refractivity contribution in [1.29, 1.82) is 0 Å². The number of nitrogens with two attached hydrogens (primary N) is 1. The summed E-state index contributed by atoms with van der Waals surface area (Å²) in [7, 11) is 0. The van der Waals surface area contributed by atoms with Gasteiger partial charge in [-0.25, -0.2) is 0 Å². The summed E-state index contributed by atoms with van der Waals surface area (Å²) in [6, 6.07) is 9.21. The van der Waals surface area contributed by atoms with Gasteiger partial charge in [0.05, 0.1) is 5.56 Å². The van der Waals surface area contributed by atoms with Gasteiger partial charge in [-0.2, -0.15) is 18.3 Å². The Bertz CT molecular complexity index is 948. The van der Waals surface area contributed by atoms with E-state index in [0.717, 1.165) is 61.1 Å². The molecule has 0 bridgehead atoms. The van der Waals surface area contributed by atoms with Gasteiger partial charge in [0.15, 0.2) is 0 Å². The molecule has 0 amide bonds. The van der Waals surface area contributed by atoms with Crippen LogP contribution >= 0.6 is 0 Å². The predicted octanol–water partition coefficient (Wildman–Crippen LogP) is 5.53. The van der Waals surface area contributed by atoms with E-state index < -0.39 is 11.7 Å². The lowest BCUT2D eigenvalue weighted by Crippen LogP contribution is -2.18. The molecule has 1 saturated carbocycles. The maximum atomic E-state index is 12.9. The highest BCUT2D eigenvalue weighted by molar-refractivity contribution is 5.83. The summed E-state index contributed by atoms with van der Waals surface area (Å²) in [6.45, 7) is 0. The molecule has 0 saturated heterocycles. The topological polar surface area (TPSA) is 67.6 Å². The lowest BCUT2D eigenvalue weighted by Gasteiger charge is -2.15. The van der Waals surface area contributed by atoms with Crippen molar-refractivity contribution in [3.05, 3.63) is 60.0 Å². The number of H-pyrrole nitrogens is 1. The Balaban J connectivity index is 1.78. The van der Waals surface area contributed by atoms with Crippen molar-refractivity contribution in [2.75, 3.05) is 0 Å². The van der Waals surface area contributed by atoms with Crippen molar-refractivity contribution in [2.45, 2.75) is 50.2 Å². The van der Waals surface area contributed by atoms with Crippen LogP contribution in [-0.2, 0) is 6.18 Å². The van der Waals surface area contributed by atoms with Gasteiger partial charge in [0.2, 0.25) is 0 Å². The summed E-state index contributed by atoms with van der Waals surface area (Å²) in [5.74, 6) is 0.294. The second kappa shape index (κ2) is 7.99. The molecule has 0 spiro atoms. The van der Waals surface area contributed by atoms with Crippen molar-refractivity contribution in [1.82, 2.24) is 15.2 Å². The smallest absolute Gasteiger partial charge is 0.328 e. The van der Waals surface area contributed by atoms with Crippen LogP contribution in [0.2, 0.25) is 0 Å². The molecule has 2 atom stereocenters. The molecule has 4 nitrogen and oxygen atoms in total. The second-order valence-electron chi connectivity index (χ2n) is 7.64. The van der Waals surface area contributed by atoms with Gasteiger partial charge >= 0.3 is 6.18 Å². The van der Waals surface area contributed by atoms with Crippen LogP contribution < -0.4 is 5.73 Å². The van der Waals surface area contributed by atoms with Crippen molar-refractivity contribution < 1.29 is 13.2 Å². The van der Waals surface area contributed by atoms with E-state index in [9.17, 15) is 13.2 Å². The molecule has 1 aliphatic rings. The van der Waals surface area contributed by atoms with E-state index in [2.05, 4.69) is 15.2 Å². The van der Waals surface area contributed by atoms with Gasteiger partial charge in [-0.05, 0) is 55.5 Å². The van der Waals surface area contributed by atoms with Gasteiger partial charge in [-0.15, -0.1) is 0 Å². The zero-order chi connectivity index (χ0) is 20.4. The number of aromatic amines is 1. The number of hydrogen-bond acceptors (Lipinski definition) is 3. The number of pyridine rings is 1. The number of nitrogens with one attached hydrogen (secondary N) is 1. The normalized spacial score (nSPS) is 20.4. The number of rotatable bonds is 3. The van der Waals surface area contributed by atoms with Gasteiger partial charge in [-0.1, -0.05) is 18.6 Å². The fourth-order valence-corrected chi connectivity index (χ4v) is 4.11. The van der Waals surface area contributed by atoms with E-state index >= 15 is 0 Å². The van der Waals surface area contributed by atoms with Gasteiger partial charge in [0, 0.05) is 41.2 Å². The van der Waals surface area contributed by atoms with Gasteiger partial charge in [0.25, 0.3) is 0 Å². The van der Waals surface area contributed by atoms with E-state index in [0.29, 0.717) is 17.2 Å². The number of halogens is 3. The summed E-state index contributed by atoms with van der Waals surface area (Å²) in [4.78, 5) is 4.09. The first kappa shape index (κ1) is 19.6. The van der Waals surface area contributed by atoms with Crippen molar-refractivity contribution >= 4 is 0 Å². The summed E-state index contributed by atoms with van der Waals surface area (Å²) >= 11 is 0. The van der Waals surface area contributed by atoms with E-state index in [1.807, 2.05) is 12.1 Å². The van der Waals surface area contributed by atoms with Crippen LogP contribution in [0.5, 0.6) is 0 Å². The third kappa shape index (κ3) is 4.19. The van der Waals surface area contributed by atoms with Gasteiger partial charge < -0.3 is 5.73 Å². The fraction of sp³-hybridized carbons (Fsp3) is 0.364. The molecule has 0 unspecified atom stereocenters. The molecular formula is C22H23F3N4. The zero-order valence-corrected chi connectivity index (χ0v) is 15.9. The minimum atomic E-state index is -4.36. The largest absolute Gasteiger partial charge is 0.416 e. The van der Waals surface area contributed by atoms with E-state index in [1.165, 1.54) is 12.1 Å². The fourth-order valence-electron chi connectivity index (χ4n) is 4.11. The third-order valence-corrected chi connectivity index (χ3v) is 5.67. The van der Waals surface area contributed by atoms with E-state index in [1.54, 1.807) is 12.4 Å². The molecule has 4 rings (SSSR count). The maximum absolute atomic E-state index is 12.9. The van der Waals surface area contributed by atoms with Gasteiger partial charge in [-0.3, -0.25) is 10.1 Å². The lowest BCUT2D eigenvalue weighted by molar-refractivity contribution is -0.137. The number of alkyl halides is 3. The molecule has 1 aliphatic carbocycles. The van der Waals surface area contributed by atoms with Crippen molar-refractivity contribution in [3.8, 4) is 22.4 Å². The molecule has 7 heteroatoms. The summed E-state index contributed by atoms with van der Waals surface area (Å²) in [5.41, 5.74) is 9.71. The Morgan fingerprint density at radius 2 is 1.62 bits per heavy atom. The monoisotopic (exact) mass is 400 g/mol. The predicted molar refractivity (Wildman–Crippen MR) is 106 cm³/mol. The average molecular weight is 400 g/mol. The standard InChI is InChI=1S/C22H23F3N4/c23-22(24,25)17-7-4-16(5-8-17)21-19(14-10-12-27-13-11-14)20(28-29-21)15-2-1-3-18(26)9-6-15/h4-5,7-8,10-13,15,18H,1-3,6,9,26H2,(H,28,29)/t15-,18+/m1/s1. The molecule has 2 heterocycles. The van der Waals surface area contributed by atoms with E-state index in [4.69, 9.17) is 5.73 Å². The van der Waals surface area contributed by atoms with Crippen LogP contribution in [0.3, 0.4) is 0 Å². The Kier molecular flexibility index (Phi) is 5.41. The van der Waals surface area contributed by atoms with Crippen LogP contribution in [0, 0.1) is 0 Å². The first-order valence-electron chi connectivity index (χ1n) is 9.85. The summed E-state index contributed by atoms with van der Waals surface area (Å²) < 4.78 is 38.8. The molecule has 152 valence electrons. The van der Waals surface area contributed by atoms with Crippen LogP contribution in [0.4, 0.5) is 13.2 Å². The Morgan fingerprint density at radius 1 is 0.897 bits per heavy atom. The van der Waals surface area contributed by atoms with E-state index in [-0.39, 0.29) is 6.04 Å². The minimum absolute atomic E-state index is 0.224. The minimum Gasteiger partial charge on any atom is -0.328 e. The Labute approximate surface area is 167 Å². The molecule has 3 aromatic rings.